The molecule has 3 aromatic rings. The van der Waals surface area contributed by atoms with Gasteiger partial charge in [0.15, 0.2) is 11.9 Å². The Bertz CT molecular complexity index is 1140. The standard InChI is InChI=1S/C16H16ClN5O6S/c17-9-3-1-8(2-4-9)11-12-15(20-6-19-11)22(7-21-12)16-14(24)13(23)10(28-16)5-27-29(18,25)26/h1-4,6-7,10,13-14,16,23-24H,5H2,(H2,18,25,26)/t10-,13-,14-,16-/m1/s1. The van der Waals surface area contributed by atoms with Gasteiger partial charge < -0.3 is 14.9 Å². The number of aliphatic hydroxyl groups is 2. The van der Waals surface area contributed by atoms with E-state index in [4.69, 9.17) is 21.5 Å². The molecule has 0 radical (unpaired) electrons. The highest BCUT2D eigenvalue weighted by molar-refractivity contribution is 7.84. The van der Waals surface area contributed by atoms with Gasteiger partial charge in [-0.2, -0.15) is 8.42 Å². The molecule has 0 aliphatic carbocycles. The number of hydrogen-bond acceptors (Lipinski definition) is 9. The predicted octanol–water partition coefficient (Wildman–Crippen LogP) is -0.0140. The van der Waals surface area contributed by atoms with Crippen molar-refractivity contribution in [2.75, 3.05) is 6.61 Å². The van der Waals surface area contributed by atoms with Gasteiger partial charge in [0.25, 0.3) is 0 Å². The van der Waals surface area contributed by atoms with Gasteiger partial charge in [0.1, 0.15) is 35.8 Å². The van der Waals surface area contributed by atoms with E-state index in [0.29, 0.717) is 21.9 Å². The second kappa shape index (κ2) is 7.57. The Hall–Kier alpha value is -2.19. The molecule has 1 aliphatic heterocycles. The zero-order chi connectivity index (χ0) is 20.8. The van der Waals surface area contributed by atoms with Crippen molar-refractivity contribution in [2.45, 2.75) is 24.5 Å². The number of imidazole rings is 1. The first kappa shape index (κ1) is 20.1. The molecule has 13 heteroatoms. The molecule has 0 spiro atoms. The lowest BCUT2D eigenvalue weighted by Crippen LogP contribution is -2.35. The molecule has 1 aromatic carbocycles. The molecule has 4 N–H and O–H groups in total. The molecule has 0 bridgehead atoms. The summed E-state index contributed by atoms with van der Waals surface area (Å²) in [5.41, 5.74) is 2.12. The Kier molecular flexibility index (Phi) is 5.25. The molecular weight excluding hydrogens is 426 g/mol. The third-order valence-electron chi connectivity index (χ3n) is 4.48. The van der Waals surface area contributed by atoms with E-state index in [1.165, 1.54) is 17.2 Å². The van der Waals surface area contributed by atoms with Crippen molar-refractivity contribution in [3.63, 3.8) is 0 Å². The summed E-state index contributed by atoms with van der Waals surface area (Å²) >= 11 is 5.93. The van der Waals surface area contributed by atoms with E-state index in [9.17, 15) is 18.6 Å². The van der Waals surface area contributed by atoms with Gasteiger partial charge in [0.2, 0.25) is 0 Å². The van der Waals surface area contributed by atoms with Crippen molar-refractivity contribution < 1.29 is 27.6 Å². The molecule has 2 aromatic heterocycles. The van der Waals surface area contributed by atoms with Crippen LogP contribution in [0, 0.1) is 0 Å². The number of benzene rings is 1. The van der Waals surface area contributed by atoms with Gasteiger partial charge in [-0.1, -0.05) is 23.7 Å². The monoisotopic (exact) mass is 441 g/mol. The summed E-state index contributed by atoms with van der Waals surface area (Å²) in [4.78, 5) is 12.8. The minimum atomic E-state index is -4.22. The van der Waals surface area contributed by atoms with Crippen LogP contribution >= 0.6 is 11.6 Å². The normalized spacial score (nSPS) is 25.0. The average molecular weight is 442 g/mol. The quantitative estimate of drug-likeness (QED) is 0.493. The maximum absolute atomic E-state index is 11.0. The highest BCUT2D eigenvalue weighted by atomic mass is 35.5. The average Bonchev–Trinajstić information content (AvgIpc) is 3.22. The van der Waals surface area contributed by atoms with Crippen molar-refractivity contribution in [1.29, 1.82) is 0 Å². The Morgan fingerprint density at radius 2 is 1.90 bits per heavy atom. The third kappa shape index (κ3) is 3.96. The van der Waals surface area contributed by atoms with Gasteiger partial charge in [-0.15, -0.1) is 0 Å². The summed E-state index contributed by atoms with van der Waals surface area (Å²) in [6.07, 6.45) is -2.25. The lowest BCUT2D eigenvalue weighted by atomic mass is 10.1. The summed E-state index contributed by atoms with van der Waals surface area (Å²) < 4.78 is 33.4. The maximum atomic E-state index is 11.0. The predicted molar refractivity (Wildman–Crippen MR) is 101 cm³/mol. The number of rotatable bonds is 5. The van der Waals surface area contributed by atoms with Crippen LogP contribution in [0.1, 0.15) is 6.23 Å². The number of nitrogens with two attached hydrogens (primary N) is 1. The van der Waals surface area contributed by atoms with E-state index < -0.39 is 41.5 Å². The maximum Gasteiger partial charge on any atom is 0.333 e. The minimum absolute atomic E-state index is 0.356. The van der Waals surface area contributed by atoms with Gasteiger partial charge in [0, 0.05) is 10.6 Å². The van der Waals surface area contributed by atoms with Crippen molar-refractivity contribution in [3.05, 3.63) is 41.9 Å². The molecule has 0 unspecified atom stereocenters. The van der Waals surface area contributed by atoms with Crippen LogP contribution in [-0.4, -0.2) is 63.1 Å². The highest BCUT2D eigenvalue weighted by Crippen LogP contribution is 2.33. The van der Waals surface area contributed by atoms with E-state index in [1.807, 2.05) is 0 Å². The summed E-state index contributed by atoms with van der Waals surface area (Å²) in [7, 11) is -4.22. The van der Waals surface area contributed by atoms with Crippen LogP contribution in [0.25, 0.3) is 22.4 Å². The first-order valence-electron chi connectivity index (χ1n) is 8.37. The fourth-order valence-electron chi connectivity index (χ4n) is 3.12. The molecule has 1 fully saturated rings. The van der Waals surface area contributed by atoms with Gasteiger partial charge in [0.05, 0.1) is 12.9 Å². The molecule has 4 rings (SSSR count). The molecule has 0 amide bonds. The van der Waals surface area contributed by atoms with Gasteiger partial charge in [-0.25, -0.2) is 20.1 Å². The van der Waals surface area contributed by atoms with Crippen LogP contribution in [0.5, 0.6) is 0 Å². The van der Waals surface area contributed by atoms with E-state index in [2.05, 4.69) is 19.1 Å². The van der Waals surface area contributed by atoms with Crippen molar-refractivity contribution in [3.8, 4) is 11.3 Å². The lowest BCUT2D eigenvalue weighted by molar-refractivity contribution is -0.0467. The summed E-state index contributed by atoms with van der Waals surface area (Å²) in [5, 5.41) is 25.9. The first-order chi connectivity index (χ1) is 13.7. The van der Waals surface area contributed by atoms with Crippen LogP contribution in [0.3, 0.4) is 0 Å². The van der Waals surface area contributed by atoms with Crippen LogP contribution in [0.2, 0.25) is 5.02 Å². The van der Waals surface area contributed by atoms with Crippen LogP contribution < -0.4 is 5.14 Å². The number of nitrogens with zero attached hydrogens (tertiary/aromatic N) is 4. The second-order valence-electron chi connectivity index (χ2n) is 6.38. The van der Waals surface area contributed by atoms with Gasteiger partial charge in [-0.05, 0) is 12.1 Å². The zero-order valence-corrected chi connectivity index (χ0v) is 16.2. The Morgan fingerprint density at radius 1 is 1.17 bits per heavy atom. The smallest absolute Gasteiger partial charge is 0.333 e. The number of aliphatic hydroxyl groups excluding tert-OH is 2. The number of hydrogen-bond donors (Lipinski definition) is 3. The number of ether oxygens (including phenoxy) is 1. The molecule has 1 saturated heterocycles. The van der Waals surface area contributed by atoms with Gasteiger partial charge in [-0.3, -0.25) is 8.75 Å². The van der Waals surface area contributed by atoms with Crippen molar-refractivity contribution >= 4 is 33.1 Å². The third-order valence-corrected chi connectivity index (χ3v) is 5.20. The van der Waals surface area contributed by atoms with Gasteiger partial charge >= 0.3 is 10.3 Å². The van der Waals surface area contributed by atoms with Crippen LogP contribution in [0.15, 0.2) is 36.9 Å². The number of halogens is 1. The van der Waals surface area contributed by atoms with Crippen molar-refractivity contribution in [1.82, 2.24) is 19.5 Å². The van der Waals surface area contributed by atoms with Crippen molar-refractivity contribution in [2.24, 2.45) is 5.14 Å². The first-order valence-corrected chi connectivity index (χ1v) is 10.2. The number of fused-ring (bicyclic) bond motifs is 1. The Morgan fingerprint density at radius 3 is 2.59 bits per heavy atom. The molecule has 0 saturated carbocycles. The molecule has 1 aliphatic rings. The molecule has 4 atom stereocenters. The topological polar surface area (TPSA) is 163 Å². The van der Waals surface area contributed by atoms with Crippen LogP contribution in [0.4, 0.5) is 0 Å². The highest BCUT2D eigenvalue weighted by Gasteiger charge is 2.45. The minimum Gasteiger partial charge on any atom is -0.387 e. The fourth-order valence-corrected chi connectivity index (χ4v) is 3.57. The lowest BCUT2D eigenvalue weighted by Gasteiger charge is -2.16. The Balaban J connectivity index is 1.66. The summed E-state index contributed by atoms with van der Waals surface area (Å²) in [5.74, 6) is 0. The molecule has 29 heavy (non-hydrogen) atoms. The van der Waals surface area contributed by atoms with E-state index in [0.717, 1.165) is 5.56 Å². The fraction of sp³-hybridized carbons (Fsp3) is 0.312. The Labute approximate surface area is 169 Å². The SMILES string of the molecule is NS(=O)(=O)OC[C@H]1O[C@@H](n2cnc3c(-c4ccc(Cl)cc4)ncnc32)[C@H](O)[C@@H]1O. The molecule has 3 heterocycles. The number of aromatic nitrogens is 4. The van der Waals surface area contributed by atoms with E-state index in [-0.39, 0.29) is 0 Å². The molecular formula is C16H16ClN5O6S. The molecule has 154 valence electrons. The van der Waals surface area contributed by atoms with Crippen LogP contribution in [-0.2, 0) is 19.2 Å². The molecule has 11 nitrogen and oxygen atoms in total. The largest absolute Gasteiger partial charge is 0.387 e. The summed E-state index contributed by atoms with van der Waals surface area (Å²) in [6, 6.07) is 7.01. The van der Waals surface area contributed by atoms with E-state index >= 15 is 0 Å². The second-order valence-corrected chi connectivity index (χ2v) is 8.03. The van der Waals surface area contributed by atoms with E-state index in [1.54, 1.807) is 24.3 Å². The summed E-state index contributed by atoms with van der Waals surface area (Å²) in [6.45, 7) is -0.550. The zero-order valence-electron chi connectivity index (χ0n) is 14.7.